The van der Waals surface area contributed by atoms with E-state index < -0.39 is 19.4 Å². The van der Waals surface area contributed by atoms with Gasteiger partial charge in [-0.1, -0.05) is 33.8 Å². The Morgan fingerprint density at radius 2 is 1.87 bits per heavy atom. The van der Waals surface area contributed by atoms with Crippen molar-refractivity contribution >= 4 is 35.3 Å². The Bertz CT molecular complexity index is 419. The van der Waals surface area contributed by atoms with Crippen molar-refractivity contribution in [2.75, 3.05) is 0 Å². The fraction of sp³-hybridized carbons (Fsp3) is 0.600. The maximum absolute atomic E-state index is 11.8. The number of hydrogen-bond donors (Lipinski definition) is 0. The van der Waals surface area contributed by atoms with Crippen molar-refractivity contribution in [2.24, 2.45) is 5.92 Å². The van der Waals surface area contributed by atoms with Gasteiger partial charge in [0.25, 0.3) is 0 Å². The molecule has 0 radical (unpaired) electrons. The first-order valence-electron chi connectivity index (χ1n) is 4.99. The van der Waals surface area contributed by atoms with Gasteiger partial charge in [0.05, 0.1) is 9.52 Å². The van der Waals surface area contributed by atoms with Crippen LogP contribution in [0.5, 0.6) is 0 Å². The Morgan fingerprint density at radius 3 is 2.20 bits per heavy atom. The summed E-state index contributed by atoms with van der Waals surface area (Å²) in [5.74, 6) is 0.514. The molecule has 1 rings (SSSR count). The summed E-state index contributed by atoms with van der Waals surface area (Å²) in [4.78, 5) is 0. The zero-order valence-electron chi connectivity index (χ0n) is 9.54. The summed E-state index contributed by atoms with van der Waals surface area (Å²) in [6.45, 7) is 8.62. The SMILES string of the molecule is CC(C)C(C)(C)[SiH2]C1=CC=C(Br)S1(=O)=O. The molecule has 0 bridgehead atoms. The smallest absolute Gasteiger partial charge is 0.204 e. The highest BCUT2D eigenvalue weighted by Gasteiger charge is 2.32. The molecule has 0 unspecified atom stereocenters. The fourth-order valence-electron chi connectivity index (χ4n) is 1.27. The number of rotatable bonds is 3. The molecule has 0 aromatic carbocycles. The van der Waals surface area contributed by atoms with Gasteiger partial charge in [0.2, 0.25) is 9.84 Å². The third-order valence-electron chi connectivity index (χ3n) is 3.19. The summed E-state index contributed by atoms with van der Waals surface area (Å²) in [7, 11) is -3.91. The number of hydrogen-bond acceptors (Lipinski definition) is 2. The first kappa shape index (κ1) is 13.2. The Kier molecular flexibility index (Phi) is 3.68. The largest absolute Gasteiger partial charge is 0.219 e. The van der Waals surface area contributed by atoms with Gasteiger partial charge in [0.15, 0.2) is 0 Å². The third-order valence-corrected chi connectivity index (χ3v) is 10.1. The van der Waals surface area contributed by atoms with E-state index in [0.717, 1.165) is 0 Å². The molecule has 0 saturated carbocycles. The Balaban J connectivity index is 2.90. The molecule has 5 heteroatoms. The molecule has 0 saturated heterocycles. The van der Waals surface area contributed by atoms with Crippen LogP contribution in [0.15, 0.2) is 20.5 Å². The van der Waals surface area contributed by atoms with E-state index in [0.29, 0.717) is 14.3 Å². The lowest BCUT2D eigenvalue weighted by Gasteiger charge is -2.28. The van der Waals surface area contributed by atoms with Crippen LogP contribution >= 0.6 is 15.9 Å². The van der Waals surface area contributed by atoms with E-state index in [9.17, 15) is 8.42 Å². The summed E-state index contributed by atoms with van der Waals surface area (Å²) in [6.07, 6.45) is 3.41. The van der Waals surface area contributed by atoms with Crippen molar-refractivity contribution in [3.05, 3.63) is 20.5 Å². The second-order valence-electron chi connectivity index (χ2n) is 4.93. The second-order valence-corrected chi connectivity index (χ2v) is 11.7. The predicted molar refractivity (Wildman–Crippen MR) is 71.4 cm³/mol. The van der Waals surface area contributed by atoms with Gasteiger partial charge in [-0.3, -0.25) is 0 Å². The van der Waals surface area contributed by atoms with E-state index in [1.165, 1.54) is 0 Å². The van der Waals surface area contributed by atoms with E-state index >= 15 is 0 Å². The van der Waals surface area contributed by atoms with Gasteiger partial charge in [-0.05, 0) is 33.0 Å². The Labute approximate surface area is 103 Å². The van der Waals surface area contributed by atoms with Crippen molar-refractivity contribution in [2.45, 2.75) is 32.7 Å². The molecule has 1 aliphatic rings. The van der Waals surface area contributed by atoms with Crippen LogP contribution in [0.2, 0.25) is 5.04 Å². The molecule has 0 fully saturated rings. The van der Waals surface area contributed by atoms with E-state index in [2.05, 4.69) is 43.6 Å². The van der Waals surface area contributed by atoms with Crippen LogP contribution in [0.1, 0.15) is 27.7 Å². The monoisotopic (exact) mass is 308 g/mol. The van der Waals surface area contributed by atoms with Gasteiger partial charge < -0.3 is 0 Å². The standard InChI is InChI=1S/C10H17BrO2SSi/c1-7(2)10(3,4)15-9-6-5-8(11)14(9,12)13/h5-7H,15H2,1-4H3. The number of sulfone groups is 1. The lowest BCUT2D eigenvalue weighted by Crippen LogP contribution is -2.23. The van der Waals surface area contributed by atoms with Gasteiger partial charge >= 0.3 is 0 Å². The molecule has 0 aliphatic carbocycles. The van der Waals surface area contributed by atoms with Gasteiger partial charge in [0.1, 0.15) is 3.81 Å². The molecular formula is C10H17BrO2SSi. The highest BCUT2D eigenvalue weighted by atomic mass is 79.9. The van der Waals surface area contributed by atoms with Crippen LogP contribution in [0.4, 0.5) is 0 Å². The quantitative estimate of drug-likeness (QED) is 0.751. The molecule has 0 N–H and O–H groups in total. The van der Waals surface area contributed by atoms with E-state index in [1.807, 2.05) is 0 Å². The normalized spacial score (nSPS) is 21.2. The van der Waals surface area contributed by atoms with E-state index in [4.69, 9.17) is 0 Å². The minimum Gasteiger partial charge on any atom is -0.219 e. The van der Waals surface area contributed by atoms with Crippen LogP contribution in [0.25, 0.3) is 0 Å². The maximum Gasteiger partial charge on any atom is 0.204 e. The van der Waals surface area contributed by atoms with E-state index in [1.54, 1.807) is 12.2 Å². The van der Waals surface area contributed by atoms with Gasteiger partial charge in [-0.2, -0.15) is 0 Å². The zero-order valence-corrected chi connectivity index (χ0v) is 13.4. The lowest BCUT2D eigenvalue weighted by atomic mass is 9.99. The number of allylic oxidation sites excluding steroid dienone is 2. The predicted octanol–water partition coefficient (Wildman–Crippen LogP) is 2.52. The van der Waals surface area contributed by atoms with Crippen LogP contribution in [-0.4, -0.2) is 17.9 Å². The van der Waals surface area contributed by atoms with Crippen molar-refractivity contribution in [1.29, 1.82) is 0 Å². The summed E-state index contributed by atoms with van der Waals surface area (Å²) >= 11 is 3.09. The van der Waals surface area contributed by atoms with Crippen LogP contribution in [0.3, 0.4) is 0 Å². The van der Waals surface area contributed by atoms with Crippen molar-refractivity contribution in [3.8, 4) is 0 Å². The molecule has 2 nitrogen and oxygen atoms in total. The van der Waals surface area contributed by atoms with Crippen LogP contribution < -0.4 is 0 Å². The molecule has 1 heterocycles. The van der Waals surface area contributed by atoms with Crippen LogP contribution in [0, 0.1) is 5.92 Å². The first-order chi connectivity index (χ1) is 6.68. The summed E-state index contributed by atoms with van der Waals surface area (Å²) in [5.41, 5.74) is 0. The molecule has 0 aromatic heterocycles. The first-order valence-corrected chi connectivity index (χ1v) is 8.68. The second kappa shape index (κ2) is 4.18. The van der Waals surface area contributed by atoms with Gasteiger partial charge in [0, 0.05) is 4.53 Å². The zero-order chi connectivity index (χ0) is 11.9. The van der Waals surface area contributed by atoms with Gasteiger partial charge in [-0.15, -0.1) is 0 Å². The molecule has 15 heavy (non-hydrogen) atoms. The minimum atomic E-state index is -3.13. The minimum absolute atomic E-state index is 0.143. The van der Waals surface area contributed by atoms with E-state index in [-0.39, 0.29) is 5.04 Å². The third kappa shape index (κ3) is 2.63. The average Bonchev–Trinajstić information content (AvgIpc) is 2.31. The Morgan fingerprint density at radius 1 is 1.33 bits per heavy atom. The molecular weight excluding hydrogens is 292 g/mol. The summed E-state index contributed by atoms with van der Waals surface area (Å²) < 4.78 is 24.7. The Hall–Kier alpha value is 0.127. The highest BCUT2D eigenvalue weighted by molar-refractivity contribution is 9.13. The van der Waals surface area contributed by atoms with Crippen molar-refractivity contribution in [1.82, 2.24) is 0 Å². The molecule has 86 valence electrons. The van der Waals surface area contributed by atoms with Crippen molar-refractivity contribution < 1.29 is 8.42 Å². The summed E-state index contributed by atoms with van der Waals surface area (Å²) in [5, 5.41) is 0.143. The fourth-order valence-corrected chi connectivity index (χ4v) is 7.29. The average molecular weight is 309 g/mol. The molecule has 0 amide bonds. The topological polar surface area (TPSA) is 34.1 Å². The van der Waals surface area contributed by atoms with Crippen LogP contribution in [-0.2, 0) is 9.84 Å². The summed E-state index contributed by atoms with van der Waals surface area (Å²) in [6, 6.07) is 0. The van der Waals surface area contributed by atoms with Gasteiger partial charge in [-0.25, -0.2) is 8.42 Å². The highest BCUT2D eigenvalue weighted by Crippen LogP contribution is 2.38. The lowest BCUT2D eigenvalue weighted by molar-refractivity contribution is 0.476. The van der Waals surface area contributed by atoms with Crippen molar-refractivity contribution in [3.63, 3.8) is 0 Å². The number of halogens is 1. The molecule has 0 aromatic rings. The maximum atomic E-state index is 11.8. The molecule has 1 aliphatic heterocycles. The molecule has 0 spiro atoms. The molecule has 0 atom stereocenters.